The van der Waals surface area contributed by atoms with Crippen molar-refractivity contribution in [2.24, 2.45) is 5.92 Å². The molecule has 0 fully saturated rings. The molecule has 0 bridgehead atoms. The number of nitrogens with two attached hydrogens (primary N) is 1. The van der Waals surface area contributed by atoms with Crippen molar-refractivity contribution < 1.29 is 4.79 Å². The summed E-state index contributed by atoms with van der Waals surface area (Å²) in [5.74, 6) is -0.183. The maximum absolute atomic E-state index is 13.2. The van der Waals surface area contributed by atoms with E-state index in [2.05, 4.69) is 4.98 Å². The van der Waals surface area contributed by atoms with E-state index in [0.717, 1.165) is 18.4 Å². The third-order valence-corrected chi connectivity index (χ3v) is 4.28. The zero-order valence-electron chi connectivity index (χ0n) is 16.4. The molecule has 0 radical (unpaired) electrons. The van der Waals surface area contributed by atoms with Crippen molar-refractivity contribution in [2.75, 3.05) is 17.2 Å². The number of nitrogen functional groups attached to an aromatic ring is 1. The number of hydrogen-bond acceptors (Lipinski definition) is 4. The Hall–Kier alpha value is -2.83. The van der Waals surface area contributed by atoms with Crippen molar-refractivity contribution in [3.05, 3.63) is 56.2 Å². The Kier molecular flexibility index (Phi) is 6.60. The van der Waals surface area contributed by atoms with Crippen LogP contribution in [0.3, 0.4) is 0 Å². The lowest BCUT2D eigenvalue weighted by Gasteiger charge is -2.26. The average molecular weight is 372 g/mol. The smallest absolute Gasteiger partial charge is 0.330 e. The summed E-state index contributed by atoms with van der Waals surface area (Å²) in [6.45, 7) is 8.50. The fraction of sp³-hybridized carbons (Fsp3) is 0.450. The van der Waals surface area contributed by atoms with E-state index in [9.17, 15) is 14.4 Å². The molecule has 0 aliphatic rings. The first kappa shape index (κ1) is 20.5. The van der Waals surface area contributed by atoms with Crippen LogP contribution >= 0.6 is 0 Å². The van der Waals surface area contributed by atoms with E-state index in [-0.39, 0.29) is 23.3 Å². The lowest BCUT2D eigenvalue weighted by molar-refractivity contribution is 0.0983. The average Bonchev–Trinajstić information content (AvgIpc) is 2.59. The Bertz CT molecular complexity index is 928. The van der Waals surface area contributed by atoms with Crippen molar-refractivity contribution in [1.82, 2.24) is 9.55 Å². The fourth-order valence-corrected chi connectivity index (χ4v) is 2.95. The number of amides is 1. The van der Waals surface area contributed by atoms with Gasteiger partial charge in [-0.2, -0.15) is 0 Å². The third-order valence-electron chi connectivity index (χ3n) is 4.28. The molecule has 0 unspecified atom stereocenters. The molecular formula is C20H28N4O3. The minimum absolute atomic E-state index is 0.0267. The van der Waals surface area contributed by atoms with Crippen LogP contribution in [0.2, 0.25) is 0 Å². The molecule has 2 rings (SSSR count). The normalized spacial score (nSPS) is 11.0. The Morgan fingerprint density at radius 3 is 2.59 bits per heavy atom. The van der Waals surface area contributed by atoms with Crippen molar-refractivity contribution in [3.8, 4) is 0 Å². The molecule has 3 N–H and O–H groups in total. The molecule has 7 nitrogen and oxygen atoms in total. The third kappa shape index (κ3) is 4.67. The number of carbonyl (C=O) groups is 1. The highest BCUT2D eigenvalue weighted by Crippen LogP contribution is 2.21. The van der Waals surface area contributed by atoms with E-state index < -0.39 is 11.2 Å². The first-order valence-corrected chi connectivity index (χ1v) is 9.27. The summed E-state index contributed by atoms with van der Waals surface area (Å²) in [6.07, 6.45) is 1.61. The number of anilines is 2. The van der Waals surface area contributed by atoms with Gasteiger partial charge in [-0.25, -0.2) is 4.79 Å². The highest BCUT2D eigenvalue weighted by Gasteiger charge is 2.26. The number of nitrogens with one attached hydrogen (secondary N) is 1. The molecule has 1 aromatic carbocycles. The highest BCUT2D eigenvalue weighted by molar-refractivity contribution is 6.07. The van der Waals surface area contributed by atoms with Crippen LogP contribution in [0.5, 0.6) is 0 Å². The van der Waals surface area contributed by atoms with Gasteiger partial charge in [0.1, 0.15) is 5.82 Å². The number of carbonyl (C=O) groups excluding carboxylic acids is 1. The predicted octanol–water partition coefficient (Wildman–Crippen LogP) is 2.53. The van der Waals surface area contributed by atoms with Crippen molar-refractivity contribution >= 4 is 17.4 Å². The molecule has 0 spiro atoms. The molecule has 2 aromatic rings. The van der Waals surface area contributed by atoms with Gasteiger partial charge in [0.25, 0.3) is 11.5 Å². The number of benzene rings is 1. The highest BCUT2D eigenvalue weighted by atomic mass is 16.2. The topological polar surface area (TPSA) is 101 Å². The molecule has 27 heavy (non-hydrogen) atoms. The van der Waals surface area contributed by atoms with E-state index in [1.54, 1.807) is 18.2 Å². The largest absolute Gasteiger partial charge is 0.383 e. The number of rotatable bonds is 7. The van der Waals surface area contributed by atoms with E-state index in [1.165, 1.54) is 9.47 Å². The van der Waals surface area contributed by atoms with E-state index in [0.29, 0.717) is 18.7 Å². The predicted molar refractivity (Wildman–Crippen MR) is 108 cm³/mol. The minimum Gasteiger partial charge on any atom is -0.383 e. The van der Waals surface area contributed by atoms with E-state index in [1.807, 2.05) is 33.8 Å². The van der Waals surface area contributed by atoms with Gasteiger partial charge in [0.15, 0.2) is 5.69 Å². The van der Waals surface area contributed by atoms with Crippen LogP contribution in [0.25, 0.3) is 0 Å². The van der Waals surface area contributed by atoms with Gasteiger partial charge < -0.3 is 10.6 Å². The van der Waals surface area contributed by atoms with Gasteiger partial charge in [0.05, 0.1) is 0 Å². The van der Waals surface area contributed by atoms with Crippen molar-refractivity contribution in [2.45, 2.75) is 47.1 Å². The second-order valence-corrected chi connectivity index (χ2v) is 7.18. The molecule has 1 amide bonds. The van der Waals surface area contributed by atoms with Crippen LogP contribution in [0.15, 0.2) is 33.9 Å². The number of H-pyrrole nitrogens is 1. The summed E-state index contributed by atoms with van der Waals surface area (Å²) in [7, 11) is 0. The second kappa shape index (κ2) is 8.70. The van der Waals surface area contributed by atoms with Crippen molar-refractivity contribution in [3.63, 3.8) is 0 Å². The van der Waals surface area contributed by atoms with E-state index >= 15 is 0 Å². The number of nitrogens with zero attached hydrogens (tertiary/aromatic N) is 2. The second-order valence-electron chi connectivity index (χ2n) is 7.18. The van der Waals surface area contributed by atoms with Crippen LogP contribution < -0.4 is 21.9 Å². The number of hydrogen-bond donors (Lipinski definition) is 2. The summed E-state index contributed by atoms with van der Waals surface area (Å²) in [5.41, 5.74) is 6.45. The van der Waals surface area contributed by atoms with Crippen LogP contribution in [0.4, 0.5) is 11.5 Å². The molecule has 0 aliphatic carbocycles. The van der Waals surface area contributed by atoms with Crippen LogP contribution in [0, 0.1) is 12.8 Å². The Balaban J connectivity index is 2.61. The standard InChI is InChI=1S/C20H28N4O3/c1-5-6-10-23-17(21)16(18(25)22-20(23)27)24(12-13(2)3)19(26)15-9-7-8-14(4)11-15/h7-9,11,13H,5-6,10,12,21H2,1-4H3,(H,22,25,27). The van der Waals surface area contributed by atoms with Gasteiger partial charge in [0.2, 0.25) is 0 Å². The Labute approximate surface area is 158 Å². The monoisotopic (exact) mass is 372 g/mol. The summed E-state index contributed by atoms with van der Waals surface area (Å²) in [4.78, 5) is 41.6. The number of aromatic amines is 1. The molecule has 0 saturated carbocycles. The summed E-state index contributed by atoms with van der Waals surface area (Å²) in [5, 5.41) is 0. The zero-order chi connectivity index (χ0) is 20.1. The van der Waals surface area contributed by atoms with Crippen LogP contribution in [-0.2, 0) is 6.54 Å². The molecule has 0 atom stereocenters. The molecule has 7 heteroatoms. The van der Waals surface area contributed by atoms with Crippen LogP contribution in [-0.4, -0.2) is 22.0 Å². The summed E-state index contributed by atoms with van der Waals surface area (Å²) in [6, 6.07) is 7.18. The maximum Gasteiger partial charge on any atom is 0.330 e. The van der Waals surface area contributed by atoms with Gasteiger partial charge >= 0.3 is 5.69 Å². The molecule has 1 aromatic heterocycles. The van der Waals surface area contributed by atoms with Gasteiger partial charge in [-0.3, -0.25) is 19.1 Å². The molecule has 0 aliphatic heterocycles. The Morgan fingerprint density at radius 1 is 1.30 bits per heavy atom. The summed E-state index contributed by atoms with van der Waals surface area (Å²) < 4.78 is 1.33. The zero-order valence-corrected chi connectivity index (χ0v) is 16.4. The number of aromatic nitrogens is 2. The first-order valence-electron chi connectivity index (χ1n) is 9.27. The van der Waals surface area contributed by atoms with Gasteiger partial charge in [-0.05, 0) is 31.4 Å². The lowest BCUT2D eigenvalue weighted by atomic mass is 10.1. The number of unbranched alkanes of at least 4 members (excludes halogenated alkanes) is 1. The van der Waals surface area contributed by atoms with Gasteiger partial charge in [0, 0.05) is 18.7 Å². The fourth-order valence-electron chi connectivity index (χ4n) is 2.95. The molecular weight excluding hydrogens is 344 g/mol. The van der Waals surface area contributed by atoms with Crippen molar-refractivity contribution in [1.29, 1.82) is 0 Å². The first-order chi connectivity index (χ1) is 12.8. The summed E-state index contributed by atoms with van der Waals surface area (Å²) >= 11 is 0. The van der Waals surface area contributed by atoms with Gasteiger partial charge in [-0.1, -0.05) is 44.9 Å². The molecule has 1 heterocycles. The quantitative estimate of drug-likeness (QED) is 0.780. The molecule has 0 saturated heterocycles. The maximum atomic E-state index is 13.2. The van der Waals surface area contributed by atoms with Crippen LogP contribution in [0.1, 0.15) is 49.5 Å². The van der Waals surface area contributed by atoms with Gasteiger partial charge in [-0.15, -0.1) is 0 Å². The SMILES string of the molecule is CCCCn1c(N)c(N(CC(C)C)C(=O)c2cccc(C)c2)c(=O)[nH]c1=O. The Morgan fingerprint density at radius 2 is 2.00 bits per heavy atom. The van der Waals surface area contributed by atoms with E-state index in [4.69, 9.17) is 5.73 Å². The minimum atomic E-state index is -0.646. The lowest BCUT2D eigenvalue weighted by Crippen LogP contribution is -2.42. The number of aryl methyl sites for hydroxylation is 1. The molecule has 146 valence electrons.